The van der Waals surface area contributed by atoms with E-state index in [2.05, 4.69) is 0 Å². The molecule has 1 atom stereocenters. The molecule has 1 amide bonds. The van der Waals surface area contributed by atoms with Gasteiger partial charge >= 0.3 is 0 Å². The van der Waals surface area contributed by atoms with Crippen molar-refractivity contribution < 1.29 is 27.9 Å². The van der Waals surface area contributed by atoms with Crippen LogP contribution in [0.25, 0.3) is 0 Å². The first-order valence-corrected chi connectivity index (χ1v) is 9.15. The fourth-order valence-corrected chi connectivity index (χ4v) is 4.69. The minimum atomic E-state index is -4.28. The van der Waals surface area contributed by atoms with E-state index in [4.69, 9.17) is 14.7 Å². The molecule has 0 aromatic heterocycles. The molecule has 1 aliphatic heterocycles. The number of rotatable bonds is 5. The Morgan fingerprint density at radius 2 is 1.80 bits per heavy atom. The van der Waals surface area contributed by atoms with Gasteiger partial charge in [-0.05, 0) is 30.7 Å². The monoisotopic (exact) mass is 363 g/mol. The zero-order valence-electron chi connectivity index (χ0n) is 13.2. The molecule has 0 aliphatic carbocycles. The summed E-state index contributed by atoms with van der Waals surface area (Å²) in [7, 11) is -4.28. The molecule has 0 spiro atoms. The quantitative estimate of drug-likeness (QED) is 0.624. The van der Waals surface area contributed by atoms with Crippen LogP contribution in [-0.4, -0.2) is 31.1 Å². The molecule has 1 aliphatic rings. The number of amides is 1. The third-order valence-electron chi connectivity index (χ3n) is 3.98. The third kappa shape index (κ3) is 2.99. The van der Waals surface area contributed by atoms with Crippen LogP contribution in [0.3, 0.4) is 0 Å². The van der Waals surface area contributed by atoms with Crippen molar-refractivity contribution in [2.75, 3.05) is 6.61 Å². The molecule has 7 nitrogen and oxygen atoms in total. The number of sulfone groups is 1. The van der Waals surface area contributed by atoms with E-state index >= 15 is 0 Å². The zero-order chi connectivity index (χ0) is 17.9. The average molecular weight is 363 g/mol. The van der Waals surface area contributed by atoms with Crippen LogP contribution in [0.2, 0.25) is 0 Å². The molecule has 1 heterocycles. The van der Waals surface area contributed by atoms with Gasteiger partial charge in [-0.25, -0.2) is 13.9 Å². The first-order chi connectivity index (χ1) is 12.0. The van der Waals surface area contributed by atoms with Gasteiger partial charge in [-0.2, -0.15) is 0 Å². The molecule has 132 valence electrons. The van der Waals surface area contributed by atoms with Crippen molar-refractivity contribution in [3.05, 3.63) is 54.6 Å². The van der Waals surface area contributed by atoms with Gasteiger partial charge in [0.2, 0.25) is 9.84 Å². The van der Waals surface area contributed by atoms with E-state index in [0.717, 1.165) is 0 Å². The molecule has 0 bridgehead atoms. The van der Waals surface area contributed by atoms with Crippen molar-refractivity contribution in [3.8, 4) is 11.5 Å². The molecular formula is C17H17NO6S. The lowest BCUT2D eigenvalue weighted by Gasteiger charge is -2.26. The standard InChI is InChI=1S/C17H17NO6S/c19-16(18-20)17(11-6-12-23-17)25(21,22)15-10-5-4-9-14(15)24-13-7-2-1-3-8-13/h1-5,7-10,20H,6,11-12H2,(H,18,19). The second kappa shape index (κ2) is 6.83. The highest BCUT2D eigenvalue weighted by Gasteiger charge is 2.55. The lowest BCUT2D eigenvalue weighted by molar-refractivity contribution is -0.142. The highest BCUT2D eigenvalue weighted by Crippen LogP contribution is 2.40. The number of hydrogen-bond donors (Lipinski definition) is 2. The van der Waals surface area contributed by atoms with Gasteiger partial charge in [0.1, 0.15) is 16.4 Å². The predicted molar refractivity (Wildman–Crippen MR) is 88.0 cm³/mol. The normalized spacial score (nSPS) is 20.2. The summed E-state index contributed by atoms with van der Waals surface area (Å²) in [6.07, 6.45) is 0.329. The molecule has 1 saturated heterocycles. The Labute approximate surface area is 145 Å². The molecule has 3 rings (SSSR count). The number of ether oxygens (including phenoxy) is 2. The Hall–Kier alpha value is -2.42. The van der Waals surface area contributed by atoms with Crippen molar-refractivity contribution in [3.63, 3.8) is 0 Å². The van der Waals surface area contributed by atoms with E-state index in [1.165, 1.54) is 23.7 Å². The highest BCUT2D eigenvalue weighted by atomic mass is 32.2. The number of carbonyl (C=O) groups excluding carboxylic acids is 1. The maximum absolute atomic E-state index is 13.2. The largest absolute Gasteiger partial charge is 0.456 e. The van der Waals surface area contributed by atoms with Crippen molar-refractivity contribution in [1.29, 1.82) is 0 Å². The van der Waals surface area contributed by atoms with Crippen LogP contribution in [0.15, 0.2) is 59.5 Å². The fourth-order valence-electron chi connectivity index (χ4n) is 2.76. The van der Waals surface area contributed by atoms with Crippen molar-refractivity contribution in [2.45, 2.75) is 22.7 Å². The summed E-state index contributed by atoms with van der Waals surface area (Å²) in [5.41, 5.74) is 1.41. The maximum atomic E-state index is 13.2. The molecule has 1 unspecified atom stereocenters. The second-order valence-corrected chi connectivity index (χ2v) is 7.62. The minimum Gasteiger partial charge on any atom is -0.456 e. The Morgan fingerprint density at radius 1 is 1.12 bits per heavy atom. The maximum Gasteiger partial charge on any atom is 0.291 e. The minimum absolute atomic E-state index is 0.0542. The van der Waals surface area contributed by atoms with E-state index in [1.807, 2.05) is 6.07 Å². The second-order valence-electron chi connectivity index (χ2n) is 5.51. The van der Waals surface area contributed by atoms with Crippen LogP contribution in [0, 0.1) is 0 Å². The lowest BCUT2D eigenvalue weighted by atomic mass is 10.2. The van der Waals surface area contributed by atoms with Crippen molar-refractivity contribution in [1.82, 2.24) is 5.48 Å². The van der Waals surface area contributed by atoms with E-state index in [-0.39, 0.29) is 23.7 Å². The van der Waals surface area contributed by atoms with Gasteiger partial charge in [0.25, 0.3) is 10.8 Å². The first kappa shape index (κ1) is 17.4. The summed E-state index contributed by atoms with van der Waals surface area (Å²) in [5, 5.41) is 9.00. The third-order valence-corrected chi connectivity index (χ3v) is 6.27. The van der Waals surface area contributed by atoms with Gasteiger partial charge in [0.15, 0.2) is 0 Å². The van der Waals surface area contributed by atoms with Gasteiger partial charge in [-0.15, -0.1) is 0 Å². The smallest absolute Gasteiger partial charge is 0.291 e. The Balaban J connectivity index is 2.07. The summed E-state index contributed by atoms with van der Waals surface area (Å²) in [6.45, 7) is 0.106. The van der Waals surface area contributed by atoms with Crippen LogP contribution < -0.4 is 10.2 Å². The lowest BCUT2D eigenvalue weighted by Crippen LogP contribution is -2.51. The average Bonchev–Trinajstić information content (AvgIpc) is 3.14. The SMILES string of the molecule is O=C(NO)C1(S(=O)(=O)c2ccccc2Oc2ccccc2)CCCO1. The van der Waals surface area contributed by atoms with Crippen LogP contribution in [0.5, 0.6) is 11.5 Å². The Bertz CT molecular complexity index is 860. The summed E-state index contributed by atoms with van der Waals surface area (Å²) in [4.78, 5) is 9.77. The summed E-state index contributed by atoms with van der Waals surface area (Å²) in [6, 6.07) is 14.7. The fraction of sp³-hybridized carbons (Fsp3) is 0.235. The number of hydrogen-bond acceptors (Lipinski definition) is 6. The first-order valence-electron chi connectivity index (χ1n) is 7.66. The van der Waals surface area contributed by atoms with Crippen LogP contribution in [0.1, 0.15) is 12.8 Å². The molecule has 2 aromatic rings. The van der Waals surface area contributed by atoms with E-state index in [1.54, 1.807) is 30.3 Å². The van der Waals surface area contributed by atoms with Crippen molar-refractivity contribution >= 4 is 15.7 Å². The molecule has 0 saturated carbocycles. The topological polar surface area (TPSA) is 102 Å². The van der Waals surface area contributed by atoms with Gasteiger partial charge in [-0.1, -0.05) is 30.3 Å². The molecule has 2 aromatic carbocycles. The number of para-hydroxylation sites is 2. The van der Waals surface area contributed by atoms with Crippen LogP contribution in [-0.2, 0) is 19.4 Å². The Morgan fingerprint density at radius 3 is 2.44 bits per heavy atom. The summed E-state index contributed by atoms with van der Waals surface area (Å²) < 4.78 is 37.4. The number of benzene rings is 2. The number of nitrogens with one attached hydrogen (secondary N) is 1. The van der Waals surface area contributed by atoms with E-state index < -0.39 is 20.7 Å². The summed E-state index contributed by atoms with van der Waals surface area (Å²) in [5.74, 6) is -0.577. The van der Waals surface area contributed by atoms with Crippen molar-refractivity contribution in [2.24, 2.45) is 0 Å². The highest BCUT2D eigenvalue weighted by molar-refractivity contribution is 7.93. The van der Waals surface area contributed by atoms with Gasteiger partial charge < -0.3 is 9.47 Å². The van der Waals surface area contributed by atoms with Gasteiger partial charge in [0, 0.05) is 13.0 Å². The van der Waals surface area contributed by atoms with Gasteiger partial charge in [0.05, 0.1) is 0 Å². The molecule has 2 N–H and O–H groups in total. The molecule has 0 radical (unpaired) electrons. The molecule has 1 fully saturated rings. The molecule has 8 heteroatoms. The zero-order valence-corrected chi connectivity index (χ0v) is 14.0. The number of hydroxylamine groups is 1. The van der Waals surface area contributed by atoms with Gasteiger partial charge in [-0.3, -0.25) is 10.0 Å². The predicted octanol–water partition coefficient (Wildman–Crippen LogP) is 2.26. The summed E-state index contributed by atoms with van der Waals surface area (Å²) >= 11 is 0. The van der Waals surface area contributed by atoms with E-state index in [9.17, 15) is 13.2 Å². The number of carbonyl (C=O) groups is 1. The van der Waals surface area contributed by atoms with E-state index in [0.29, 0.717) is 12.2 Å². The Kier molecular flexibility index (Phi) is 4.76. The molecule has 25 heavy (non-hydrogen) atoms. The molecular weight excluding hydrogens is 346 g/mol. The van der Waals surface area contributed by atoms with Crippen LogP contribution in [0.4, 0.5) is 0 Å². The van der Waals surface area contributed by atoms with Crippen LogP contribution >= 0.6 is 0 Å².